The molecule has 0 radical (unpaired) electrons. The van der Waals surface area contributed by atoms with Crippen LogP contribution >= 0.6 is 11.3 Å². The van der Waals surface area contributed by atoms with Crippen LogP contribution in [0, 0.1) is 0 Å². The van der Waals surface area contributed by atoms with Gasteiger partial charge in [-0.1, -0.05) is 6.07 Å². The molecule has 0 fully saturated rings. The van der Waals surface area contributed by atoms with Crippen LogP contribution in [-0.4, -0.2) is 17.4 Å². The molecule has 0 aromatic carbocycles. The first-order valence-electron chi connectivity index (χ1n) is 5.29. The van der Waals surface area contributed by atoms with Crippen molar-refractivity contribution in [3.63, 3.8) is 0 Å². The molecule has 2 aromatic heterocycles. The van der Waals surface area contributed by atoms with Gasteiger partial charge >= 0.3 is 0 Å². The second-order valence-electron chi connectivity index (χ2n) is 3.77. The van der Waals surface area contributed by atoms with E-state index in [-0.39, 0.29) is 12.5 Å². The maximum atomic E-state index is 11.0. The van der Waals surface area contributed by atoms with Crippen molar-refractivity contribution in [2.45, 2.75) is 13.1 Å². The van der Waals surface area contributed by atoms with Crippen LogP contribution in [0.25, 0.3) is 0 Å². The molecule has 2 heterocycles. The highest BCUT2D eigenvalue weighted by atomic mass is 32.1. The highest BCUT2D eigenvalue weighted by Crippen LogP contribution is 2.14. The van der Waals surface area contributed by atoms with Gasteiger partial charge in [0.2, 0.25) is 5.91 Å². The van der Waals surface area contributed by atoms with E-state index < -0.39 is 0 Å². The van der Waals surface area contributed by atoms with E-state index in [1.54, 1.807) is 17.6 Å². The molecular weight excluding hydrogens is 236 g/mol. The number of furan rings is 1. The van der Waals surface area contributed by atoms with Crippen LogP contribution in [-0.2, 0) is 17.9 Å². The predicted molar refractivity (Wildman–Crippen MR) is 66.3 cm³/mol. The molecule has 2 aromatic rings. The van der Waals surface area contributed by atoms with Gasteiger partial charge in [0.15, 0.2) is 0 Å². The molecule has 2 N–H and O–H groups in total. The number of rotatable bonds is 6. The molecule has 90 valence electrons. The van der Waals surface area contributed by atoms with E-state index in [0.29, 0.717) is 13.1 Å². The Bertz CT molecular complexity index is 415. The third kappa shape index (κ3) is 3.72. The molecule has 0 aliphatic rings. The average molecular weight is 250 g/mol. The van der Waals surface area contributed by atoms with Crippen molar-refractivity contribution in [1.82, 2.24) is 4.90 Å². The van der Waals surface area contributed by atoms with E-state index in [0.717, 1.165) is 5.76 Å². The molecule has 0 saturated carbocycles. The van der Waals surface area contributed by atoms with Gasteiger partial charge in [-0.05, 0) is 23.6 Å². The third-order valence-electron chi connectivity index (χ3n) is 2.30. The van der Waals surface area contributed by atoms with Crippen LogP contribution in [0.5, 0.6) is 0 Å². The smallest absolute Gasteiger partial charge is 0.231 e. The normalized spacial score (nSPS) is 10.9. The van der Waals surface area contributed by atoms with E-state index in [4.69, 9.17) is 10.2 Å². The molecule has 0 aliphatic heterocycles. The first kappa shape index (κ1) is 11.9. The Labute approximate surface area is 104 Å². The fraction of sp³-hybridized carbons (Fsp3) is 0.250. The van der Waals surface area contributed by atoms with Gasteiger partial charge in [-0.2, -0.15) is 0 Å². The summed E-state index contributed by atoms with van der Waals surface area (Å²) in [6.07, 6.45) is 1.63. The zero-order chi connectivity index (χ0) is 12.1. The van der Waals surface area contributed by atoms with Crippen molar-refractivity contribution >= 4 is 17.2 Å². The molecule has 0 bridgehead atoms. The summed E-state index contributed by atoms with van der Waals surface area (Å²) >= 11 is 1.67. The second-order valence-corrected chi connectivity index (χ2v) is 4.80. The van der Waals surface area contributed by atoms with Gasteiger partial charge in [0.1, 0.15) is 5.76 Å². The van der Waals surface area contributed by atoms with Gasteiger partial charge < -0.3 is 10.2 Å². The first-order chi connectivity index (χ1) is 8.24. The molecule has 0 aliphatic carbocycles. The molecule has 0 unspecified atom stereocenters. The Balaban J connectivity index is 2.00. The highest BCUT2D eigenvalue weighted by Gasteiger charge is 2.11. The molecule has 5 heteroatoms. The number of primary amides is 1. The van der Waals surface area contributed by atoms with Crippen LogP contribution in [0.2, 0.25) is 0 Å². The standard InChI is InChI=1S/C12H14N2O2S/c13-12(15)9-14(7-10-3-1-5-16-10)8-11-4-2-6-17-11/h1-6H,7-9H2,(H2,13,15). The summed E-state index contributed by atoms with van der Waals surface area (Å²) in [6, 6.07) is 7.77. The Morgan fingerprint density at radius 3 is 2.82 bits per heavy atom. The summed E-state index contributed by atoms with van der Waals surface area (Å²) < 4.78 is 5.27. The number of thiophene rings is 1. The average Bonchev–Trinajstić information content (AvgIpc) is 2.89. The minimum absolute atomic E-state index is 0.235. The predicted octanol–water partition coefficient (Wildman–Crippen LogP) is 1.83. The molecule has 0 spiro atoms. The van der Waals surface area contributed by atoms with Crippen LogP contribution in [0.3, 0.4) is 0 Å². The molecule has 1 amide bonds. The van der Waals surface area contributed by atoms with E-state index in [9.17, 15) is 4.79 Å². The number of carbonyl (C=O) groups is 1. The summed E-state index contributed by atoms with van der Waals surface area (Å²) in [7, 11) is 0. The van der Waals surface area contributed by atoms with Gasteiger partial charge in [0.25, 0.3) is 0 Å². The van der Waals surface area contributed by atoms with Crippen molar-refractivity contribution < 1.29 is 9.21 Å². The largest absolute Gasteiger partial charge is 0.468 e. The van der Waals surface area contributed by atoms with E-state index in [2.05, 4.69) is 0 Å². The Hall–Kier alpha value is -1.59. The monoisotopic (exact) mass is 250 g/mol. The minimum Gasteiger partial charge on any atom is -0.468 e. The van der Waals surface area contributed by atoms with E-state index >= 15 is 0 Å². The molecule has 0 atom stereocenters. The summed E-state index contributed by atoms with van der Waals surface area (Å²) in [5.74, 6) is 0.510. The van der Waals surface area contributed by atoms with Crippen LogP contribution < -0.4 is 5.73 Å². The lowest BCUT2D eigenvalue weighted by molar-refractivity contribution is -0.119. The topological polar surface area (TPSA) is 59.5 Å². The summed E-state index contributed by atoms with van der Waals surface area (Å²) in [5, 5.41) is 2.02. The van der Waals surface area contributed by atoms with Crippen LogP contribution in [0.1, 0.15) is 10.6 Å². The lowest BCUT2D eigenvalue weighted by Crippen LogP contribution is -2.32. The van der Waals surface area contributed by atoms with Crippen molar-refractivity contribution in [1.29, 1.82) is 0 Å². The fourth-order valence-corrected chi connectivity index (χ4v) is 2.38. The van der Waals surface area contributed by atoms with Crippen molar-refractivity contribution in [3.8, 4) is 0 Å². The quantitative estimate of drug-likeness (QED) is 0.850. The minimum atomic E-state index is -0.326. The Morgan fingerprint density at radius 2 is 2.24 bits per heavy atom. The van der Waals surface area contributed by atoms with Gasteiger partial charge in [-0.15, -0.1) is 11.3 Å². The number of nitrogens with two attached hydrogens (primary N) is 1. The Morgan fingerprint density at radius 1 is 1.35 bits per heavy atom. The SMILES string of the molecule is NC(=O)CN(Cc1ccco1)Cc1cccs1. The number of amides is 1. The summed E-state index contributed by atoms with van der Waals surface area (Å²) in [5.41, 5.74) is 5.24. The zero-order valence-corrected chi connectivity index (χ0v) is 10.2. The number of nitrogens with zero attached hydrogens (tertiary/aromatic N) is 1. The van der Waals surface area contributed by atoms with E-state index in [1.165, 1.54) is 4.88 Å². The first-order valence-corrected chi connectivity index (χ1v) is 6.17. The maximum Gasteiger partial charge on any atom is 0.231 e. The van der Waals surface area contributed by atoms with Gasteiger partial charge in [-0.25, -0.2) is 0 Å². The lowest BCUT2D eigenvalue weighted by Gasteiger charge is -2.18. The molecule has 17 heavy (non-hydrogen) atoms. The highest BCUT2D eigenvalue weighted by molar-refractivity contribution is 7.09. The third-order valence-corrected chi connectivity index (χ3v) is 3.16. The molecule has 2 rings (SSSR count). The molecule has 4 nitrogen and oxygen atoms in total. The zero-order valence-electron chi connectivity index (χ0n) is 9.33. The lowest BCUT2D eigenvalue weighted by atomic mass is 10.3. The van der Waals surface area contributed by atoms with Crippen LogP contribution in [0.15, 0.2) is 40.3 Å². The molecule has 0 saturated heterocycles. The molecular formula is C12H14N2O2S. The maximum absolute atomic E-state index is 11.0. The number of hydrogen-bond acceptors (Lipinski definition) is 4. The van der Waals surface area contributed by atoms with Gasteiger partial charge in [0, 0.05) is 11.4 Å². The van der Waals surface area contributed by atoms with Crippen LogP contribution in [0.4, 0.5) is 0 Å². The van der Waals surface area contributed by atoms with E-state index in [1.807, 2.05) is 34.5 Å². The van der Waals surface area contributed by atoms with Gasteiger partial charge in [-0.3, -0.25) is 9.69 Å². The second kappa shape index (κ2) is 5.65. The summed E-state index contributed by atoms with van der Waals surface area (Å²) in [4.78, 5) is 14.2. The Kier molecular flexibility index (Phi) is 3.95. The number of hydrogen-bond donors (Lipinski definition) is 1. The summed E-state index contributed by atoms with van der Waals surface area (Å²) in [6.45, 7) is 1.54. The number of carbonyl (C=O) groups excluding carboxylic acids is 1. The fourth-order valence-electron chi connectivity index (χ4n) is 1.63. The van der Waals surface area contributed by atoms with Crippen molar-refractivity contribution in [3.05, 3.63) is 46.5 Å². The van der Waals surface area contributed by atoms with Crippen molar-refractivity contribution in [2.75, 3.05) is 6.54 Å². The van der Waals surface area contributed by atoms with Crippen molar-refractivity contribution in [2.24, 2.45) is 5.73 Å². The van der Waals surface area contributed by atoms with Gasteiger partial charge in [0.05, 0.1) is 19.4 Å².